The van der Waals surface area contributed by atoms with Gasteiger partial charge in [0, 0.05) is 13.7 Å². The number of aliphatic hydroxyl groups excluding tert-OH is 1. The molecule has 0 fully saturated rings. The van der Waals surface area contributed by atoms with Crippen LogP contribution in [0.3, 0.4) is 0 Å². The third-order valence-electron chi connectivity index (χ3n) is 2.23. The average molecular weight is 276 g/mol. The van der Waals surface area contributed by atoms with E-state index in [0.29, 0.717) is 13.0 Å². The van der Waals surface area contributed by atoms with Crippen molar-refractivity contribution >= 4 is 23.1 Å². The van der Waals surface area contributed by atoms with Crippen LogP contribution >= 0.6 is 11.6 Å². The highest BCUT2D eigenvalue weighted by atomic mass is 35.5. The molecule has 0 aliphatic heterocycles. The Balaban J connectivity index is 2.79. The van der Waals surface area contributed by atoms with E-state index in [9.17, 15) is 10.1 Å². The van der Waals surface area contributed by atoms with Crippen LogP contribution in [0.15, 0.2) is 12.1 Å². The van der Waals surface area contributed by atoms with Crippen LogP contribution in [0, 0.1) is 10.1 Å². The molecule has 8 heteroatoms. The van der Waals surface area contributed by atoms with Gasteiger partial charge >= 0.3 is 0 Å². The van der Waals surface area contributed by atoms with Crippen LogP contribution in [0.1, 0.15) is 6.42 Å². The molecule has 1 atom stereocenters. The van der Waals surface area contributed by atoms with E-state index in [0.717, 1.165) is 6.07 Å². The van der Waals surface area contributed by atoms with Crippen LogP contribution in [0.2, 0.25) is 5.15 Å². The van der Waals surface area contributed by atoms with Gasteiger partial charge in [0.05, 0.1) is 29.7 Å². The first kappa shape index (κ1) is 14.6. The van der Waals surface area contributed by atoms with Gasteiger partial charge in [-0.1, -0.05) is 11.6 Å². The molecule has 2 N–H and O–H groups in total. The lowest BCUT2D eigenvalue weighted by Crippen LogP contribution is -2.25. The maximum Gasteiger partial charge on any atom is 0.276 e. The van der Waals surface area contributed by atoms with E-state index in [1.807, 2.05) is 0 Å². The molecule has 0 radical (unpaired) electrons. The monoisotopic (exact) mass is 275 g/mol. The standard InChI is InChI=1S/C10H14ClN3O4/c1-18-3-2-7(6-15)12-10-5-8(14(16)17)4-9(11)13-10/h4-5,7,15H,2-3,6H2,1H3,(H,12,13). The molecule has 0 bridgehead atoms. The molecule has 100 valence electrons. The Morgan fingerprint density at radius 2 is 2.39 bits per heavy atom. The third-order valence-corrected chi connectivity index (χ3v) is 2.43. The number of hydrogen-bond acceptors (Lipinski definition) is 6. The zero-order valence-corrected chi connectivity index (χ0v) is 10.6. The summed E-state index contributed by atoms with van der Waals surface area (Å²) in [7, 11) is 1.55. The summed E-state index contributed by atoms with van der Waals surface area (Å²) < 4.78 is 4.89. The molecule has 18 heavy (non-hydrogen) atoms. The van der Waals surface area contributed by atoms with Gasteiger partial charge in [0.2, 0.25) is 0 Å². The van der Waals surface area contributed by atoms with Crippen LogP contribution < -0.4 is 5.32 Å². The number of aromatic nitrogens is 1. The fourth-order valence-corrected chi connectivity index (χ4v) is 1.54. The molecule has 7 nitrogen and oxygen atoms in total. The van der Waals surface area contributed by atoms with Gasteiger partial charge in [-0.15, -0.1) is 0 Å². The second-order valence-corrected chi connectivity index (χ2v) is 3.98. The van der Waals surface area contributed by atoms with Gasteiger partial charge in [0.15, 0.2) is 0 Å². The third kappa shape index (κ3) is 4.44. The lowest BCUT2D eigenvalue weighted by molar-refractivity contribution is -0.384. The number of methoxy groups -OCH3 is 1. The molecule has 0 aliphatic rings. The predicted octanol–water partition coefficient (Wildman–Crippen LogP) is 1.45. The first-order valence-electron chi connectivity index (χ1n) is 5.25. The lowest BCUT2D eigenvalue weighted by atomic mass is 10.2. The Morgan fingerprint density at radius 1 is 1.67 bits per heavy atom. The first-order chi connectivity index (χ1) is 8.56. The van der Waals surface area contributed by atoms with Gasteiger partial charge in [0.1, 0.15) is 11.0 Å². The molecule has 1 unspecified atom stereocenters. The van der Waals surface area contributed by atoms with E-state index in [1.54, 1.807) is 7.11 Å². The second-order valence-electron chi connectivity index (χ2n) is 3.60. The summed E-state index contributed by atoms with van der Waals surface area (Å²) in [4.78, 5) is 14.0. The van der Waals surface area contributed by atoms with Crippen molar-refractivity contribution < 1.29 is 14.8 Å². The van der Waals surface area contributed by atoms with E-state index >= 15 is 0 Å². The summed E-state index contributed by atoms with van der Waals surface area (Å²) in [5, 5.41) is 22.7. The maximum absolute atomic E-state index is 10.7. The van der Waals surface area contributed by atoms with E-state index < -0.39 is 4.92 Å². The van der Waals surface area contributed by atoms with Gasteiger partial charge < -0.3 is 15.2 Å². The Hall–Kier alpha value is -1.44. The van der Waals surface area contributed by atoms with Crippen LogP contribution in [0.4, 0.5) is 11.5 Å². The number of nitro groups is 1. The Kier molecular flexibility index (Phi) is 5.76. The van der Waals surface area contributed by atoms with Crippen molar-refractivity contribution in [2.75, 3.05) is 25.6 Å². The molecule has 0 aromatic carbocycles. The molecule has 1 aromatic rings. The van der Waals surface area contributed by atoms with Gasteiger partial charge in [-0.05, 0) is 6.42 Å². The maximum atomic E-state index is 10.7. The minimum atomic E-state index is -0.554. The van der Waals surface area contributed by atoms with Crippen LogP contribution in [-0.4, -0.2) is 41.4 Å². The SMILES string of the molecule is COCCC(CO)Nc1cc([N+](=O)[O-])cc(Cl)n1. The molecule has 0 saturated carbocycles. The number of nitrogens with one attached hydrogen (secondary N) is 1. The fourth-order valence-electron chi connectivity index (χ4n) is 1.34. The van der Waals surface area contributed by atoms with Crippen molar-refractivity contribution in [1.29, 1.82) is 0 Å². The average Bonchev–Trinajstić information content (AvgIpc) is 2.33. The van der Waals surface area contributed by atoms with Crippen LogP contribution in [-0.2, 0) is 4.74 Å². The van der Waals surface area contributed by atoms with Crippen LogP contribution in [0.25, 0.3) is 0 Å². The molecular weight excluding hydrogens is 262 g/mol. The van der Waals surface area contributed by atoms with Gasteiger partial charge in [-0.2, -0.15) is 0 Å². The molecule has 1 rings (SSSR count). The number of ether oxygens (including phenoxy) is 1. The quantitative estimate of drug-likeness (QED) is 0.444. The Bertz CT molecular complexity index is 416. The summed E-state index contributed by atoms with van der Waals surface area (Å²) in [6, 6.07) is 2.13. The Labute approximate surface area is 109 Å². The van der Waals surface area contributed by atoms with Crippen molar-refractivity contribution in [3.8, 4) is 0 Å². The molecule has 0 amide bonds. The van der Waals surface area contributed by atoms with E-state index in [-0.39, 0.29) is 29.3 Å². The fraction of sp³-hybridized carbons (Fsp3) is 0.500. The van der Waals surface area contributed by atoms with Crippen molar-refractivity contribution in [2.45, 2.75) is 12.5 Å². The van der Waals surface area contributed by atoms with Gasteiger partial charge in [-0.3, -0.25) is 10.1 Å². The largest absolute Gasteiger partial charge is 0.394 e. The van der Waals surface area contributed by atoms with Crippen LogP contribution in [0.5, 0.6) is 0 Å². The molecular formula is C10H14ClN3O4. The number of rotatable bonds is 7. The predicted molar refractivity (Wildman–Crippen MR) is 66.9 cm³/mol. The minimum Gasteiger partial charge on any atom is -0.394 e. The smallest absolute Gasteiger partial charge is 0.276 e. The number of pyridine rings is 1. The van der Waals surface area contributed by atoms with Crippen molar-refractivity contribution in [3.05, 3.63) is 27.4 Å². The molecule has 0 spiro atoms. The van der Waals surface area contributed by atoms with Crippen molar-refractivity contribution in [1.82, 2.24) is 4.98 Å². The summed E-state index contributed by atoms with van der Waals surface area (Å²) in [5.41, 5.74) is -0.152. The highest BCUT2D eigenvalue weighted by molar-refractivity contribution is 6.29. The summed E-state index contributed by atoms with van der Waals surface area (Å²) >= 11 is 5.68. The number of hydrogen-bond donors (Lipinski definition) is 2. The lowest BCUT2D eigenvalue weighted by Gasteiger charge is -2.16. The van der Waals surface area contributed by atoms with Gasteiger partial charge in [-0.25, -0.2) is 4.98 Å². The highest BCUT2D eigenvalue weighted by Crippen LogP contribution is 2.21. The topological polar surface area (TPSA) is 97.5 Å². The number of halogens is 1. The van der Waals surface area contributed by atoms with Crippen molar-refractivity contribution in [2.24, 2.45) is 0 Å². The minimum absolute atomic E-state index is 0.0233. The van der Waals surface area contributed by atoms with Gasteiger partial charge in [0.25, 0.3) is 5.69 Å². The molecule has 1 heterocycles. The summed E-state index contributed by atoms with van der Waals surface area (Å²) in [6.45, 7) is 0.326. The van der Waals surface area contributed by atoms with Crippen molar-refractivity contribution in [3.63, 3.8) is 0 Å². The highest BCUT2D eigenvalue weighted by Gasteiger charge is 2.13. The normalized spacial score (nSPS) is 12.2. The summed E-state index contributed by atoms with van der Waals surface area (Å²) in [5.74, 6) is 0.254. The first-order valence-corrected chi connectivity index (χ1v) is 5.63. The second kappa shape index (κ2) is 7.10. The number of aliphatic hydroxyl groups is 1. The zero-order chi connectivity index (χ0) is 13.5. The Morgan fingerprint density at radius 3 is 2.94 bits per heavy atom. The number of anilines is 1. The summed E-state index contributed by atoms with van der Waals surface area (Å²) in [6.07, 6.45) is 0.551. The zero-order valence-electron chi connectivity index (χ0n) is 9.80. The van der Waals surface area contributed by atoms with E-state index in [2.05, 4.69) is 10.3 Å². The molecule has 1 aromatic heterocycles. The van der Waals surface area contributed by atoms with E-state index in [1.165, 1.54) is 6.07 Å². The molecule has 0 aliphatic carbocycles. The van der Waals surface area contributed by atoms with E-state index in [4.69, 9.17) is 21.4 Å². The molecule has 0 saturated heterocycles. The number of nitrogens with zero attached hydrogens (tertiary/aromatic N) is 2.